The van der Waals surface area contributed by atoms with Crippen molar-refractivity contribution in [2.24, 2.45) is 0 Å². The first-order valence-electron chi connectivity index (χ1n) is 8.43. The molecule has 25 heavy (non-hydrogen) atoms. The quantitative estimate of drug-likeness (QED) is 0.759. The van der Waals surface area contributed by atoms with Crippen molar-refractivity contribution < 1.29 is 14.3 Å². The zero-order valence-corrected chi connectivity index (χ0v) is 14.0. The first-order chi connectivity index (χ1) is 12.2. The molecule has 0 radical (unpaired) electrons. The first-order valence-corrected chi connectivity index (χ1v) is 8.43. The van der Waals surface area contributed by atoms with Crippen LogP contribution in [-0.4, -0.2) is 23.4 Å². The molecular formula is C19H21N3O3. The summed E-state index contributed by atoms with van der Waals surface area (Å²) < 4.78 is 5.71. The van der Waals surface area contributed by atoms with E-state index in [2.05, 4.69) is 15.6 Å². The number of hydrogen-bond acceptors (Lipinski definition) is 4. The van der Waals surface area contributed by atoms with Crippen molar-refractivity contribution in [2.75, 3.05) is 11.9 Å². The molecule has 0 unspecified atom stereocenters. The summed E-state index contributed by atoms with van der Waals surface area (Å²) >= 11 is 0. The lowest BCUT2D eigenvalue weighted by Gasteiger charge is -2.17. The third-order valence-electron chi connectivity index (χ3n) is 3.98. The number of benzene rings is 1. The lowest BCUT2D eigenvalue weighted by Crippen LogP contribution is -2.23. The normalized spacial score (nSPS) is 12.9. The summed E-state index contributed by atoms with van der Waals surface area (Å²) in [4.78, 5) is 27.3. The highest BCUT2D eigenvalue weighted by Crippen LogP contribution is 2.26. The van der Waals surface area contributed by atoms with Gasteiger partial charge in [-0.1, -0.05) is 6.07 Å². The van der Waals surface area contributed by atoms with Crippen LogP contribution in [0, 0.1) is 0 Å². The second kappa shape index (κ2) is 8.28. The number of anilines is 1. The third-order valence-corrected chi connectivity index (χ3v) is 3.98. The zero-order chi connectivity index (χ0) is 17.5. The minimum Gasteiger partial charge on any atom is -0.494 e. The molecule has 0 spiro atoms. The Morgan fingerprint density at radius 3 is 3.00 bits per heavy atom. The van der Waals surface area contributed by atoms with Crippen LogP contribution in [0.2, 0.25) is 0 Å². The van der Waals surface area contributed by atoms with Gasteiger partial charge in [-0.05, 0) is 48.7 Å². The van der Waals surface area contributed by atoms with E-state index >= 15 is 0 Å². The summed E-state index contributed by atoms with van der Waals surface area (Å²) in [5.41, 5.74) is 2.79. The number of aromatic nitrogens is 1. The van der Waals surface area contributed by atoms with E-state index in [1.165, 1.54) is 0 Å². The van der Waals surface area contributed by atoms with Crippen molar-refractivity contribution >= 4 is 17.5 Å². The molecule has 0 fully saturated rings. The van der Waals surface area contributed by atoms with Gasteiger partial charge in [-0.25, -0.2) is 0 Å². The van der Waals surface area contributed by atoms with Crippen molar-refractivity contribution in [1.29, 1.82) is 0 Å². The number of carbonyl (C=O) groups excluding carboxylic acids is 2. The van der Waals surface area contributed by atoms with Crippen LogP contribution in [0.25, 0.3) is 0 Å². The predicted molar refractivity (Wildman–Crippen MR) is 94.2 cm³/mol. The fraction of sp³-hybridized carbons (Fsp3) is 0.316. The van der Waals surface area contributed by atoms with Crippen molar-refractivity contribution in [3.8, 4) is 5.75 Å². The fourth-order valence-corrected chi connectivity index (χ4v) is 2.65. The molecule has 0 aliphatic carbocycles. The first kappa shape index (κ1) is 17.0. The van der Waals surface area contributed by atoms with Gasteiger partial charge in [0.05, 0.1) is 18.8 Å². The van der Waals surface area contributed by atoms with E-state index in [9.17, 15) is 9.59 Å². The van der Waals surface area contributed by atoms with Gasteiger partial charge in [0.2, 0.25) is 11.8 Å². The molecule has 0 bridgehead atoms. The largest absolute Gasteiger partial charge is 0.494 e. The van der Waals surface area contributed by atoms with Crippen LogP contribution in [0.1, 0.15) is 30.5 Å². The highest BCUT2D eigenvalue weighted by atomic mass is 16.5. The van der Waals surface area contributed by atoms with Crippen molar-refractivity contribution in [1.82, 2.24) is 10.3 Å². The van der Waals surface area contributed by atoms with Crippen LogP contribution in [0.15, 0.2) is 42.6 Å². The van der Waals surface area contributed by atoms with Crippen LogP contribution in [0.3, 0.4) is 0 Å². The summed E-state index contributed by atoms with van der Waals surface area (Å²) in [6.45, 7) is 0.916. The number of aryl methyl sites for hydroxylation is 1. The maximum absolute atomic E-state index is 11.8. The highest BCUT2D eigenvalue weighted by Gasteiger charge is 2.15. The van der Waals surface area contributed by atoms with Crippen molar-refractivity contribution in [2.45, 2.75) is 32.2 Å². The Morgan fingerprint density at radius 2 is 2.16 bits per heavy atom. The Balaban J connectivity index is 1.37. The molecule has 6 nitrogen and oxygen atoms in total. The van der Waals surface area contributed by atoms with Crippen molar-refractivity contribution in [3.63, 3.8) is 0 Å². The molecule has 2 aromatic rings. The molecule has 3 rings (SSSR count). The molecule has 1 aliphatic heterocycles. The molecule has 130 valence electrons. The molecule has 0 saturated carbocycles. The fourth-order valence-electron chi connectivity index (χ4n) is 2.65. The second-order valence-corrected chi connectivity index (χ2v) is 5.92. The Morgan fingerprint density at radius 1 is 1.24 bits per heavy atom. The van der Waals surface area contributed by atoms with Gasteiger partial charge >= 0.3 is 0 Å². The van der Waals surface area contributed by atoms with Gasteiger partial charge in [0, 0.05) is 24.7 Å². The average Bonchev–Trinajstić information content (AvgIpc) is 2.64. The molecule has 1 aliphatic rings. The molecule has 0 saturated heterocycles. The number of amides is 2. The van der Waals surface area contributed by atoms with Gasteiger partial charge in [-0.2, -0.15) is 0 Å². The molecule has 1 aromatic heterocycles. The second-order valence-electron chi connectivity index (χ2n) is 5.92. The minimum absolute atomic E-state index is 0.0117. The summed E-state index contributed by atoms with van der Waals surface area (Å²) in [6, 6.07) is 11.3. The summed E-state index contributed by atoms with van der Waals surface area (Å²) in [5, 5.41) is 5.69. The van der Waals surface area contributed by atoms with Gasteiger partial charge in [0.15, 0.2) is 0 Å². The highest BCUT2D eigenvalue weighted by molar-refractivity contribution is 5.94. The topological polar surface area (TPSA) is 80.3 Å². The molecule has 1 aromatic carbocycles. The van der Waals surface area contributed by atoms with E-state index < -0.39 is 0 Å². The zero-order valence-electron chi connectivity index (χ0n) is 14.0. The van der Waals surface area contributed by atoms with Gasteiger partial charge in [0.1, 0.15) is 5.75 Å². The molecule has 0 atom stereocenters. The van der Waals surface area contributed by atoms with Crippen LogP contribution >= 0.6 is 0 Å². The van der Waals surface area contributed by atoms with Crippen LogP contribution in [0.5, 0.6) is 5.75 Å². The van der Waals surface area contributed by atoms with Crippen molar-refractivity contribution in [3.05, 3.63) is 53.9 Å². The number of nitrogens with zero attached hydrogens (tertiary/aromatic N) is 1. The number of ether oxygens (including phenoxy) is 1. The van der Waals surface area contributed by atoms with E-state index in [0.717, 1.165) is 29.1 Å². The molecule has 6 heteroatoms. The Bertz CT molecular complexity index is 747. The SMILES string of the molecule is O=C(CCCOc1ccc2c(c1)CCC(=O)N2)NCc1ccccn1. The van der Waals surface area contributed by atoms with E-state index in [4.69, 9.17) is 4.74 Å². The number of hydrogen-bond donors (Lipinski definition) is 2. The monoisotopic (exact) mass is 339 g/mol. The Hall–Kier alpha value is -2.89. The minimum atomic E-state index is -0.0117. The maximum Gasteiger partial charge on any atom is 0.224 e. The number of nitrogens with one attached hydrogen (secondary N) is 2. The number of pyridine rings is 1. The summed E-state index contributed by atoms with van der Waals surface area (Å²) in [6.07, 6.45) is 4.00. The molecule has 2 amide bonds. The predicted octanol–water partition coefficient (Wildman–Crippen LogP) is 2.44. The van der Waals surface area contributed by atoms with E-state index in [-0.39, 0.29) is 11.8 Å². The summed E-state index contributed by atoms with van der Waals surface area (Å²) in [7, 11) is 0. The van der Waals surface area contributed by atoms with Gasteiger partial charge in [-0.3, -0.25) is 14.6 Å². The lowest BCUT2D eigenvalue weighted by atomic mass is 10.0. The van der Waals surface area contributed by atoms with Crippen LogP contribution < -0.4 is 15.4 Å². The Kier molecular flexibility index (Phi) is 5.61. The number of fused-ring (bicyclic) bond motifs is 1. The summed E-state index contributed by atoms with van der Waals surface area (Å²) in [5.74, 6) is 0.809. The molecule has 2 heterocycles. The Labute approximate surface area is 146 Å². The standard InChI is InChI=1S/C19H21N3O3/c23-18(21-13-15-4-1-2-10-20-15)5-3-11-25-16-7-8-17-14(12-16)6-9-19(24)22-17/h1-2,4,7-8,10,12H,3,5-6,9,11,13H2,(H,21,23)(H,22,24). The van der Waals surface area contributed by atoms with E-state index in [1.807, 2.05) is 36.4 Å². The van der Waals surface area contributed by atoms with Crippen LogP contribution in [-0.2, 0) is 22.6 Å². The maximum atomic E-state index is 11.8. The average molecular weight is 339 g/mol. The van der Waals surface area contributed by atoms with Crippen LogP contribution in [0.4, 0.5) is 5.69 Å². The van der Waals surface area contributed by atoms with E-state index in [1.54, 1.807) is 6.20 Å². The van der Waals surface area contributed by atoms with Gasteiger partial charge in [0.25, 0.3) is 0 Å². The number of carbonyl (C=O) groups is 2. The smallest absolute Gasteiger partial charge is 0.224 e. The van der Waals surface area contributed by atoms with Gasteiger partial charge < -0.3 is 15.4 Å². The number of rotatable bonds is 7. The molecular weight excluding hydrogens is 318 g/mol. The molecule has 2 N–H and O–H groups in total. The third kappa shape index (κ3) is 5.04. The lowest BCUT2D eigenvalue weighted by molar-refractivity contribution is -0.121. The van der Waals surface area contributed by atoms with E-state index in [0.29, 0.717) is 32.4 Å². The van der Waals surface area contributed by atoms with Gasteiger partial charge in [-0.15, -0.1) is 0 Å².